The van der Waals surface area contributed by atoms with Crippen molar-refractivity contribution in [3.63, 3.8) is 0 Å². The lowest BCUT2D eigenvalue weighted by Gasteiger charge is -2.17. The van der Waals surface area contributed by atoms with Gasteiger partial charge in [0.05, 0.1) is 18.8 Å². The molecule has 0 heterocycles. The van der Waals surface area contributed by atoms with E-state index < -0.39 is 6.10 Å². The summed E-state index contributed by atoms with van der Waals surface area (Å²) in [5.74, 6) is -0.0141. The van der Waals surface area contributed by atoms with Gasteiger partial charge in [-0.25, -0.2) is 0 Å². The number of methoxy groups -OCH3 is 2. The second kappa shape index (κ2) is 7.00. The average Bonchev–Trinajstić information content (AvgIpc) is 2.02. The zero-order valence-electron chi connectivity index (χ0n) is 8.45. The Morgan fingerprint density at radius 3 is 2.46 bits per heavy atom. The zero-order valence-corrected chi connectivity index (χ0v) is 8.45. The van der Waals surface area contributed by atoms with Crippen LogP contribution >= 0.6 is 0 Å². The molecule has 0 aromatic rings. The first-order valence-corrected chi connectivity index (χ1v) is 4.29. The number of hydrogen-bond donors (Lipinski definition) is 1. The Kier molecular flexibility index (Phi) is 6.76. The molecule has 0 aromatic heterocycles. The van der Waals surface area contributed by atoms with Crippen molar-refractivity contribution >= 4 is 5.78 Å². The highest BCUT2D eigenvalue weighted by Crippen LogP contribution is 2.06. The minimum atomic E-state index is -0.627. The van der Waals surface area contributed by atoms with E-state index in [2.05, 4.69) is 0 Å². The Morgan fingerprint density at radius 2 is 2.08 bits per heavy atom. The summed E-state index contributed by atoms with van der Waals surface area (Å²) in [5.41, 5.74) is 0. The molecule has 0 aliphatic carbocycles. The highest BCUT2D eigenvalue weighted by molar-refractivity contribution is 5.75. The molecule has 0 fully saturated rings. The first-order chi connectivity index (χ1) is 6.10. The van der Waals surface area contributed by atoms with Gasteiger partial charge >= 0.3 is 0 Å². The van der Waals surface area contributed by atoms with Gasteiger partial charge in [0.15, 0.2) is 0 Å². The minimum Gasteiger partial charge on any atom is -0.393 e. The van der Waals surface area contributed by atoms with Crippen molar-refractivity contribution in [1.82, 2.24) is 0 Å². The van der Waals surface area contributed by atoms with Crippen molar-refractivity contribution in [1.29, 1.82) is 0 Å². The predicted molar refractivity (Wildman–Crippen MR) is 48.6 cm³/mol. The van der Waals surface area contributed by atoms with Gasteiger partial charge in [0.25, 0.3) is 0 Å². The molecule has 1 N–H and O–H groups in total. The molecule has 4 nitrogen and oxygen atoms in total. The van der Waals surface area contributed by atoms with Crippen LogP contribution in [0.15, 0.2) is 0 Å². The highest BCUT2D eigenvalue weighted by Gasteiger charge is 2.14. The maximum atomic E-state index is 10.6. The van der Waals surface area contributed by atoms with Gasteiger partial charge in [0.1, 0.15) is 5.78 Å². The van der Waals surface area contributed by atoms with E-state index >= 15 is 0 Å². The Morgan fingerprint density at radius 1 is 1.46 bits per heavy atom. The molecule has 0 saturated heterocycles. The van der Waals surface area contributed by atoms with Crippen molar-refractivity contribution in [3.8, 4) is 0 Å². The molecule has 0 saturated carbocycles. The second-order valence-corrected chi connectivity index (χ2v) is 3.11. The number of hydrogen-bond acceptors (Lipinski definition) is 4. The molecule has 0 spiro atoms. The van der Waals surface area contributed by atoms with E-state index in [1.54, 1.807) is 14.2 Å². The fourth-order valence-corrected chi connectivity index (χ4v) is 1.14. The Hall–Kier alpha value is -0.450. The molecule has 0 bridgehead atoms. The molecule has 2 atom stereocenters. The molecule has 0 radical (unpaired) electrons. The van der Waals surface area contributed by atoms with E-state index in [0.29, 0.717) is 13.0 Å². The number of aliphatic hydroxyl groups excluding tert-OH is 1. The summed E-state index contributed by atoms with van der Waals surface area (Å²) in [6, 6.07) is 0. The number of aliphatic hydroxyl groups is 1. The number of ketones is 1. The van der Waals surface area contributed by atoms with Crippen LogP contribution in [0.3, 0.4) is 0 Å². The van der Waals surface area contributed by atoms with E-state index in [-0.39, 0.29) is 18.3 Å². The Bertz CT molecular complexity index is 147. The quantitative estimate of drug-likeness (QED) is 0.630. The van der Waals surface area contributed by atoms with Crippen LogP contribution in [-0.4, -0.2) is 43.9 Å². The van der Waals surface area contributed by atoms with Gasteiger partial charge in [-0.05, 0) is 6.92 Å². The lowest BCUT2D eigenvalue weighted by atomic mass is 10.1. The van der Waals surface area contributed by atoms with Gasteiger partial charge in [0.2, 0.25) is 0 Å². The molecule has 0 aliphatic rings. The summed E-state index contributed by atoms with van der Waals surface area (Å²) in [7, 11) is 3.13. The fraction of sp³-hybridized carbons (Fsp3) is 0.889. The Balaban J connectivity index is 3.72. The number of carbonyl (C=O) groups excluding carboxylic acids is 1. The minimum absolute atomic E-state index is 0.0141. The van der Waals surface area contributed by atoms with Crippen molar-refractivity contribution in [2.24, 2.45) is 0 Å². The fourth-order valence-electron chi connectivity index (χ4n) is 1.14. The van der Waals surface area contributed by atoms with Crippen LogP contribution in [0.4, 0.5) is 0 Å². The molecule has 13 heavy (non-hydrogen) atoms. The molecule has 0 rings (SSSR count). The zero-order chi connectivity index (χ0) is 10.3. The molecule has 0 unspecified atom stereocenters. The number of carbonyl (C=O) groups is 1. The van der Waals surface area contributed by atoms with E-state index in [1.807, 2.05) is 0 Å². The van der Waals surface area contributed by atoms with E-state index in [1.165, 1.54) is 6.92 Å². The maximum Gasteiger partial charge on any atom is 0.132 e. The third-order valence-corrected chi connectivity index (χ3v) is 1.74. The van der Waals surface area contributed by atoms with Crippen molar-refractivity contribution in [2.75, 3.05) is 20.8 Å². The number of rotatable bonds is 7. The van der Waals surface area contributed by atoms with Gasteiger partial charge < -0.3 is 14.6 Å². The number of Topliss-reactive ketones (excluding diaryl/α,β-unsaturated/α-hetero) is 1. The van der Waals surface area contributed by atoms with Crippen molar-refractivity contribution in [3.05, 3.63) is 0 Å². The lowest BCUT2D eigenvalue weighted by molar-refractivity contribution is -0.119. The topological polar surface area (TPSA) is 55.8 Å². The highest BCUT2D eigenvalue weighted by atomic mass is 16.5. The lowest BCUT2D eigenvalue weighted by Crippen LogP contribution is -2.25. The van der Waals surface area contributed by atoms with Crippen LogP contribution in [0, 0.1) is 0 Å². The number of ether oxygens (including phenoxy) is 2. The third-order valence-electron chi connectivity index (χ3n) is 1.74. The van der Waals surface area contributed by atoms with Gasteiger partial charge in [-0.1, -0.05) is 0 Å². The summed E-state index contributed by atoms with van der Waals surface area (Å²) in [5, 5.41) is 9.39. The average molecular weight is 190 g/mol. The van der Waals surface area contributed by atoms with Crippen LogP contribution in [0.5, 0.6) is 0 Å². The molecular weight excluding hydrogens is 172 g/mol. The summed E-state index contributed by atoms with van der Waals surface area (Å²) in [4.78, 5) is 10.6. The maximum absolute atomic E-state index is 10.6. The first kappa shape index (κ1) is 12.6. The monoisotopic (exact) mass is 190 g/mol. The second-order valence-electron chi connectivity index (χ2n) is 3.11. The standard InChI is InChI=1S/C9H18O4/c1-7(10)4-8(11)5-9(13-3)6-12-2/h8-9,11H,4-6H2,1-3H3/t8-,9-/m0/s1. The van der Waals surface area contributed by atoms with Crippen LogP contribution in [-0.2, 0) is 14.3 Å². The van der Waals surface area contributed by atoms with Crippen LogP contribution in [0.25, 0.3) is 0 Å². The first-order valence-electron chi connectivity index (χ1n) is 4.29. The summed E-state index contributed by atoms with van der Waals surface area (Å²) in [6.45, 7) is 1.90. The molecular formula is C9H18O4. The summed E-state index contributed by atoms with van der Waals surface area (Å²) in [6.07, 6.45) is -0.148. The van der Waals surface area contributed by atoms with Gasteiger partial charge in [-0.2, -0.15) is 0 Å². The van der Waals surface area contributed by atoms with E-state index in [0.717, 1.165) is 0 Å². The predicted octanol–water partition coefficient (Wildman–Crippen LogP) is 0.378. The third kappa shape index (κ3) is 6.69. The van der Waals surface area contributed by atoms with Gasteiger partial charge in [0, 0.05) is 27.1 Å². The van der Waals surface area contributed by atoms with Crippen molar-refractivity contribution in [2.45, 2.75) is 32.0 Å². The molecule has 0 amide bonds. The van der Waals surface area contributed by atoms with Crippen molar-refractivity contribution < 1.29 is 19.4 Å². The van der Waals surface area contributed by atoms with Crippen LogP contribution < -0.4 is 0 Å². The molecule has 0 aromatic carbocycles. The van der Waals surface area contributed by atoms with E-state index in [4.69, 9.17) is 9.47 Å². The van der Waals surface area contributed by atoms with Gasteiger partial charge in [-0.15, -0.1) is 0 Å². The Labute approximate surface area is 78.8 Å². The molecule has 0 aliphatic heterocycles. The summed E-state index contributed by atoms with van der Waals surface area (Å²) < 4.78 is 9.93. The van der Waals surface area contributed by atoms with Crippen LogP contribution in [0.1, 0.15) is 19.8 Å². The smallest absolute Gasteiger partial charge is 0.132 e. The SMILES string of the molecule is COC[C@H](C[C@@H](O)CC(C)=O)OC. The van der Waals surface area contributed by atoms with Crippen LogP contribution in [0.2, 0.25) is 0 Å². The molecule has 78 valence electrons. The summed E-state index contributed by atoms with van der Waals surface area (Å²) >= 11 is 0. The van der Waals surface area contributed by atoms with Gasteiger partial charge in [-0.3, -0.25) is 4.79 Å². The molecule has 4 heteroatoms. The normalized spacial score (nSPS) is 15.4. The largest absolute Gasteiger partial charge is 0.393 e. The van der Waals surface area contributed by atoms with E-state index in [9.17, 15) is 9.90 Å².